The van der Waals surface area contributed by atoms with Crippen LogP contribution in [-0.4, -0.2) is 23.0 Å². The van der Waals surface area contributed by atoms with Crippen molar-refractivity contribution >= 4 is 17.6 Å². The minimum atomic E-state index is -0.908. The number of rotatable bonds is 3. The van der Waals surface area contributed by atoms with Gasteiger partial charge in [-0.3, -0.25) is 4.79 Å². The summed E-state index contributed by atoms with van der Waals surface area (Å²) in [6.45, 7) is 5.30. The molecule has 0 aliphatic carbocycles. The third-order valence-corrected chi connectivity index (χ3v) is 4.59. The molecule has 2 aromatic rings. The highest BCUT2D eigenvalue weighted by Crippen LogP contribution is 2.37. The lowest BCUT2D eigenvalue weighted by Crippen LogP contribution is -2.38. The first-order valence-corrected chi connectivity index (χ1v) is 8.72. The minimum Gasteiger partial charge on any atom is -0.462 e. The number of amides is 1. The minimum absolute atomic E-state index is 0.00694. The molecule has 2 unspecified atom stereocenters. The molecule has 0 bridgehead atoms. The number of aromatic nitrogens is 1. The van der Waals surface area contributed by atoms with Crippen LogP contribution in [0.3, 0.4) is 0 Å². The predicted molar refractivity (Wildman–Crippen MR) is 102 cm³/mol. The van der Waals surface area contributed by atoms with Crippen molar-refractivity contribution < 1.29 is 13.9 Å². The second kappa shape index (κ2) is 7.27. The lowest BCUT2D eigenvalue weighted by Gasteiger charge is -2.34. The van der Waals surface area contributed by atoms with Crippen LogP contribution in [0.15, 0.2) is 35.5 Å². The number of nitriles is 1. The van der Waals surface area contributed by atoms with Gasteiger partial charge in [-0.05, 0) is 50.6 Å². The summed E-state index contributed by atoms with van der Waals surface area (Å²) in [4.78, 5) is 20.9. The van der Waals surface area contributed by atoms with Gasteiger partial charge in [0.05, 0.1) is 11.1 Å². The molecule has 3 rings (SSSR count). The number of benzene rings is 1. The second-order valence-electron chi connectivity index (χ2n) is 7.01. The van der Waals surface area contributed by atoms with Gasteiger partial charge in [-0.1, -0.05) is 0 Å². The lowest BCUT2D eigenvalue weighted by molar-refractivity contribution is 0.102. The van der Waals surface area contributed by atoms with Crippen molar-refractivity contribution in [1.29, 1.82) is 5.26 Å². The quantitative estimate of drug-likeness (QED) is 0.848. The van der Waals surface area contributed by atoms with Crippen molar-refractivity contribution in [3.63, 3.8) is 0 Å². The number of hydrogen-bond donors (Lipinski definition) is 2. The second-order valence-corrected chi connectivity index (χ2v) is 7.01. The van der Waals surface area contributed by atoms with E-state index in [4.69, 9.17) is 15.7 Å². The number of hydrogen-bond acceptors (Lipinski definition) is 6. The van der Waals surface area contributed by atoms with Gasteiger partial charge in [-0.15, -0.1) is 0 Å². The largest absolute Gasteiger partial charge is 0.462 e. The van der Waals surface area contributed by atoms with Gasteiger partial charge in [0.2, 0.25) is 0 Å². The molecule has 3 N–H and O–H groups in total. The maximum absolute atomic E-state index is 14.6. The molecule has 28 heavy (non-hydrogen) atoms. The summed E-state index contributed by atoms with van der Waals surface area (Å²) in [7, 11) is 0. The van der Waals surface area contributed by atoms with E-state index in [0.717, 1.165) is 0 Å². The average Bonchev–Trinajstić information content (AvgIpc) is 2.61. The first-order chi connectivity index (χ1) is 13.2. The van der Waals surface area contributed by atoms with Crippen LogP contribution in [0, 0.1) is 24.1 Å². The maximum Gasteiger partial charge on any atom is 0.283 e. The standard InChI is InChI=1S/C20H20FN5O2/c1-11-6-13(9-22)10-24-17(11)18(27)25-14-4-5-16(21)15(7-14)20(3)8-12(2)28-19(23)26-20/h4-7,10,12H,8H2,1-3H3,(H2,23,26)(H,25,27). The van der Waals surface area contributed by atoms with E-state index in [1.165, 1.54) is 18.3 Å². The van der Waals surface area contributed by atoms with E-state index in [1.54, 1.807) is 26.0 Å². The van der Waals surface area contributed by atoms with Crippen molar-refractivity contribution in [2.75, 3.05) is 5.32 Å². The van der Waals surface area contributed by atoms with Crippen LogP contribution < -0.4 is 11.1 Å². The smallest absolute Gasteiger partial charge is 0.283 e. The first kappa shape index (κ1) is 19.3. The first-order valence-electron chi connectivity index (χ1n) is 8.72. The molecule has 8 heteroatoms. The molecule has 1 aliphatic rings. The number of nitrogens with two attached hydrogens (primary N) is 1. The Bertz CT molecular complexity index is 1010. The van der Waals surface area contributed by atoms with Gasteiger partial charge < -0.3 is 15.8 Å². The maximum atomic E-state index is 14.6. The van der Waals surface area contributed by atoms with Crippen molar-refractivity contribution in [3.05, 3.63) is 58.7 Å². The summed E-state index contributed by atoms with van der Waals surface area (Å²) in [5.41, 5.74) is 6.67. The zero-order valence-corrected chi connectivity index (χ0v) is 15.8. The van der Waals surface area contributed by atoms with E-state index in [9.17, 15) is 9.18 Å². The van der Waals surface area contributed by atoms with E-state index in [0.29, 0.717) is 28.8 Å². The molecule has 1 amide bonds. The van der Waals surface area contributed by atoms with Crippen molar-refractivity contribution in [2.45, 2.75) is 38.8 Å². The Morgan fingerprint density at radius 1 is 1.46 bits per heavy atom. The molecule has 2 heterocycles. The van der Waals surface area contributed by atoms with Gasteiger partial charge in [-0.2, -0.15) is 5.26 Å². The van der Waals surface area contributed by atoms with Crippen LogP contribution >= 0.6 is 0 Å². The van der Waals surface area contributed by atoms with Gasteiger partial charge in [0, 0.05) is 23.9 Å². The summed E-state index contributed by atoms with van der Waals surface area (Å²) in [5.74, 6) is -0.896. The van der Waals surface area contributed by atoms with Crippen LogP contribution in [0.25, 0.3) is 0 Å². The Morgan fingerprint density at radius 3 is 2.86 bits per heavy atom. The number of amidine groups is 1. The number of nitrogens with one attached hydrogen (secondary N) is 1. The van der Waals surface area contributed by atoms with Crippen LogP contribution in [0.4, 0.5) is 10.1 Å². The summed E-state index contributed by atoms with van der Waals surface area (Å²) in [5, 5.41) is 11.6. The zero-order valence-electron chi connectivity index (χ0n) is 15.8. The summed E-state index contributed by atoms with van der Waals surface area (Å²) >= 11 is 0. The number of ether oxygens (including phenoxy) is 1. The van der Waals surface area contributed by atoms with Gasteiger partial charge in [0.1, 0.15) is 23.7 Å². The number of aryl methyl sites for hydroxylation is 1. The topological polar surface area (TPSA) is 113 Å². The number of carbonyl (C=O) groups is 1. The number of halogens is 1. The fourth-order valence-electron chi connectivity index (χ4n) is 3.37. The number of anilines is 1. The van der Waals surface area contributed by atoms with E-state index in [1.807, 2.05) is 13.0 Å². The highest BCUT2D eigenvalue weighted by atomic mass is 19.1. The highest BCUT2D eigenvalue weighted by molar-refractivity contribution is 6.03. The SMILES string of the molecule is Cc1cc(C#N)cnc1C(=O)Nc1ccc(F)c(C2(C)CC(C)OC(N)=N2)c1. The molecule has 7 nitrogen and oxygen atoms in total. The third-order valence-electron chi connectivity index (χ3n) is 4.59. The molecule has 1 aliphatic heterocycles. The van der Waals surface area contributed by atoms with Crippen LogP contribution in [0.2, 0.25) is 0 Å². The van der Waals surface area contributed by atoms with Crippen molar-refractivity contribution in [3.8, 4) is 6.07 Å². The molecule has 0 saturated carbocycles. The van der Waals surface area contributed by atoms with E-state index in [-0.39, 0.29) is 17.8 Å². The molecule has 1 aromatic heterocycles. The molecule has 0 saturated heterocycles. The van der Waals surface area contributed by atoms with Crippen LogP contribution in [0.5, 0.6) is 0 Å². The average molecular weight is 381 g/mol. The molecule has 1 aromatic carbocycles. The monoisotopic (exact) mass is 381 g/mol. The normalized spacial score (nSPS) is 21.2. The lowest BCUT2D eigenvalue weighted by atomic mass is 9.86. The summed E-state index contributed by atoms with van der Waals surface area (Å²) in [6.07, 6.45) is 1.56. The number of aliphatic imine (C=N–C) groups is 1. The Kier molecular flexibility index (Phi) is 5.01. The van der Waals surface area contributed by atoms with E-state index < -0.39 is 17.3 Å². The van der Waals surface area contributed by atoms with Gasteiger partial charge in [-0.25, -0.2) is 14.4 Å². The van der Waals surface area contributed by atoms with Crippen LogP contribution in [-0.2, 0) is 10.3 Å². The van der Waals surface area contributed by atoms with Crippen molar-refractivity contribution in [2.24, 2.45) is 10.7 Å². The molecular weight excluding hydrogens is 361 g/mol. The van der Waals surface area contributed by atoms with E-state index in [2.05, 4.69) is 15.3 Å². The predicted octanol–water partition coefficient (Wildman–Crippen LogP) is 2.99. The molecule has 144 valence electrons. The number of nitrogens with zero attached hydrogens (tertiary/aromatic N) is 3. The number of carbonyl (C=O) groups excluding carboxylic acids is 1. The van der Waals surface area contributed by atoms with Gasteiger partial charge >= 0.3 is 0 Å². The molecule has 0 spiro atoms. The Morgan fingerprint density at radius 2 is 2.21 bits per heavy atom. The van der Waals surface area contributed by atoms with Crippen molar-refractivity contribution in [1.82, 2.24) is 4.98 Å². The van der Waals surface area contributed by atoms with E-state index >= 15 is 0 Å². The fourth-order valence-corrected chi connectivity index (χ4v) is 3.37. The van der Waals surface area contributed by atoms with Crippen LogP contribution in [0.1, 0.15) is 47.4 Å². The highest BCUT2D eigenvalue weighted by Gasteiger charge is 2.36. The van der Waals surface area contributed by atoms with Gasteiger partial charge in [0.15, 0.2) is 0 Å². The number of pyridine rings is 1. The summed E-state index contributed by atoms with van der Waals surface area (Å²) < 4.78 is 19.9. The third kappa shape index (κ3) is 3.78. The Balaban J connectivity index is 1.91. The molecule has 2 atom stereocenters. The molecule has 0 fully saturated rings. The zero-order chi connectivity index (χ0) is 20.5. The van der Waals surface area contributed by atoms with Gasteiger partial charge in [0.25, 0.3) is 11.9 Å². The Hall–Kier alpha value is -3.47. The fraction of sp³-hybridized carbons (Fsp3) is 0.300. The Labute approximate surface area is 162 Å². The molecule has 0 radical (unpaired) electrons. The molecular formula is C20H20FN5O2. The summed E-state index contributed by atoms with van der Waals surface area (Å²) in [6, 6.07) is 7.86.